The van der Waals surface area contributed by atoms with Gasteiger partial charge >= 0.3 is 0 Å². The van der Waals surface area contributed by atoms with Gasteiger partial charge in [0.25, 0.3) is 5.91 Å². The molecule has 0 aromatic heterocycles. The molecule has 130 valence electrons. The molecule has 0 fully saturated rings. The van der Waals surface area contributed by atoms with E-state index in [0.29, 0.717) is 24.8 Å². The van der Waals surface area contributed by atoms with Crippen LogP contribution in [0.5, 0.6) is 11.5 Å². The number of benzene rings is 1. The molecule has 5 N–H and O–H groups in total. The zero-order chi connectivity index (χ0) is 17.7. The number of hydrogen-bond donors (Lipinski definition) is 5. The zero-order valence-electron chi connectivity index (χ0n) is 13.5. The molecule has 0 radical (unpaired) electrons. The summed E-state index contributed by atoms with van der Waals surface area (Å²) in [6, 6.07) is 2.29. The number of fused-ring (bicyclic) bond motifs is 1. The lowest BCUT2D eigenvalue weighted by Gasteiger charge is -2.17. The van der Waals surface area contributed by atoms with Crippen LogP contribution in [-0.4, -0.2) is 44.6 Å². The van der Waals surface area contributed by atoms with Gasteiger partial charge in [0.1, 0.15) is 11.5 Å². The molecule has 6 nitrogen and oxygen atoms in total. The van der Waals surface area contributed by atoms with E-state index in [1.54, 1.807) is 25.2 Å². The van der Waals surface area contributed by atoms with E-state index in [0.717, 1.165) is 6.07 Å². The summed E-state index contributed by atoms with van der Waals surface area (Å²) in [5.41, 5.74) is 0.484. The van der Waals surface area contributed by atoms with E-state index >= 15 is 0 Å². The summed E-state index contributed by atoms with van der Waals surface area (Å²) in [5.74, 6) is -0.876. The lowest BCUT2D eigenvalue weighted by Crippen LogP contribution is -2.32. The molecule has 1 aliphatic rings. The van der Waals surface area contributed by atoms with Crippen LogP contribution in [-0.2, 0) is 0 Å². The maximum atomic E-state index is 12.4. The fraction of sp³-hybridized carbons (Fsp3) is 0.389. The Balaban J connectivity index is 2.36. The third-order valence-corrected chi connectivity index (χ3v) is 3.88. The molecule has 0 saturated heterocycles. The van der Waals surface area contributed by atoms with Gasteiger partial charge in [-0.3, -0.25) is 4.79 Å². The van der Waals surface area contributed by atoms with Gasteiger partial charge in [0.05, 0.1) is 17.8 Å². The van der Waals surface area contributed by atoms with Crippen LogP contribution in [0.15, 0.2) is 30.4 Å². The van der Waals surface area contributed by atoms with Crippen molar-refractivity contribution >= 4 is 12.0 Å². The highest BCUT2D eigenvalue weighted by molar-refractivity contribution is 6.00. The van der Waals surface area contributed by atoms with E-state index in [4.69, 9.17) is 0 Å². The number of carbonyl (C=O) groups excluding carboxylic acids is 1. The Morgan fingerprint density at radius 3 is 2.67 bits per heavy atom. The minimum atomic E-state index is -0.954. The summed E-state index contributed by atoms with van der Waals surface area (Å²) < 4.78 is 0. The molecule has 3 atom stereocenters. The molecule has 1 aromatic rings. The van der Waals surface area contributed by atoms with Crippen molar-refractivity contribution in [3.63, 3.8) is 0 Å². The molecule has 0 aliphatic carbocycles. The molecule has 1 heterocycles. The number of phenols is 2. The van der Waals surface area contributed by atoms with E-state index in [9.17, 15) is 25.2 Å². The third-order valence-electron chi connectivity index (χ3n) is 3.88. The standard InChI is InChI=1S/C18H23NO5/c1-11-5-4-8-15(22)14(21)7-3-2-6-12-9-13(20)10-16(23)17(12)18(24)19-11/h2,4,6,8-11,14-15,20-23H,3,5,7H2,1H3,(H,19,24)/b6-2+,8-4+/t11-,14-,15+/m0/s1. The molecule has 24 heavy (non-hydrogen) atoms. The predicted molar refractivity (Wildman–Crippen MR) is 90.7 cm³/mol. The minimum absolute atomic E-state index is 0.0949. The first kappa shape index (κ1) is 18.0. The van der Waals surface area contributed by atoms with Crippen molar-refractivity contribution in [3.8, 4) is 11.5 Å². The average molecular weight is 333 g/mol. The van der Waals surface area contributed by atoms with Crippen LogP contribution >= 0.6 is 0 Å². The number of aliphatic hydroxyl groups is 2. The molecule has 0 spiro atoms. The summed E-state index contributed by atoms with van der Waals surface area (Å²) in [6.07, 6.45) is 6.02. The summed E-state index contributed by atoms with van der Waals surface area (Å²) in [7, 11) is 0. The zero-order valence-corrected chi connectivity index (χ0v) is 13.5. The van der Waals surface area contributed by atoms with Crippen LogP contribution in [0, 0.1) is 0 Å². The molecular formula is C18H23NO5. The molecule has 1 aliphatic heterocycles. The van der Waals surface area contributed by atoms with Gasteiger partial charge in [0.2, 0.25) is 0 Å². The molecule has 1 amide bonds. The summed E-state index contributed by atoms with van der Waals surface area (Å²) in [6.45, 7) is 1.80. The lowest BCUT2D eigenvalue weighted by atomic mass is 10.0. The van der Waals surface area contributed by atoms with Crippen molar-refractivity contribution in [3.05, 3.63) is 41.5 Å². The van der Waals surface area contributed by atoms with Crippen LogP contribution < -0.4 is 5.32 Å². The highest BCUT2D eigenvalue weighted by atomic mass is 16.3. The van der Waals surface area contributed by atoms with Crippen LogP contribution in [0.1, 0.15) is 42.1 Å². The summed E-state index contributed by atoms with van der Waals surface area (Å²) in [4.78, 5) is 12.4. The Bertz CT molecular complexity index is 653. The highest BCUT2D eigenvalue weighted by Crippen LogP contribution is 2.28. The fourth-order valence-corrected chi connectivity index (χ4v) is 2.57. The molecule has 0 saturated carbocycles. The van der Waals surface area contributed by atoms with Gasteiger partial charge in [-0.05, 0) is 37.8 Å². The van der Waals surface area contributed by atoms with Crippen molar-refractivity contribution in [1.82, 2.24) is 5.32 Å². The smallest absolute Gasteiger partial charge is 0.255 e. The van der Waals surface area contributed by atoms with Crippen LogP contribution in [0.2, 0.25) is 0 Å². The van der Waals surface area contributed by atoms with Gasteiger partial charge in [-0.1, -0.05) is 24.3 Å². The van der Waals surface area contributed by atoms with E-state index in [1.807, 2.05) is 0 Å². The number of carbonyl (C=O) groups is 1. The van der Waals surface area contributed by atoms with Gasteiger partial charge < -0.3 is 25.7 Å². The largest absolute Gasteiger partial charge is 0.508 e. The van der Waals surface area contributed by atoms with Crippen molar-refractivity contribution in [1.29, 1.82) is 0 Å². The topological polar surface area (TPSA) is 110 Å². The van der Waals surface area contributed by atoms with Crippen molar-refractivity contribution in [2.24, 2.45) is 0 Å². The number of rotatable bonds is 0. The number of aliphatic hydroxyl groups excluding tert-OH is 2. The highest BCUT2D eigenvalue weighted by Gasteiger charge is 2.19. The molecular weight excluding hydrogens is 310 g/mol. The number of nitrogens with one attached hydrogen (secondary N) is 1. The van der Waals surface area contributed by atoms with Gasteiger partial charge in [-0.25, -0.2) is 0 Å². The van der Waals surface area contributed by atoms with Gasteiger partial charge in [0.15, 0.2) is 0 Å². The second-order valence-electron chi connectivity index (χ2n) is 6.01. The third kappa shape index (κ3) is 4.59. The Morgan fingerprint density at radius 1 is 1.17 bits per heavy atom. The molecule has 2 rings (SSSR count). The molecule has 1 aromatic carbocycles. The average Bonchev–Trinajstić information content (AvgIpc) is 2.49. The Hall–Kier alpha value is -2.31. The normalized spacial score (nSPS) is 28.3. The van der Waals surface area contributed by atoms with Crippen molar-refractivity contribution < 1.29 is 25.2 Å². The van der Waals surface area contributed by atoms with E-state index in [2.05, 4.69) is 5.32 Å². The maximum Gasteiger partial charge on any atom is 0.255 e. The Labute approximate surface area is 140 Å². The summed E-state index contributed by atoms with van der Waals surface area (Å²) >= 11 is 0. The molecule has 0 bridgehead atoms. The SMILES string of the molecule is C[C@H]1C/C=C/[C@@H](O)[C@@H](O)CC/C=C/c2cc(O)cc(O)c2C(=O)N1. The lowest BCUT2D eigenvalue weighted by molar-refractivity contribution is 0.0438. The first-order chi connectivity index (χ1) is 11.4. The molecule has 6 heteroatoms. The summed E-state index contributed by atoms with van der Waals surface area (Å²) in [5, 5.41) is 42.2. The fourth-order valence-electron chi connectivity index (χ4n) is 2.57. The predicted octanol–water partition coefficient (Wildman–Crippen LogP) is 1.69. The Kier molecular flexibility index (Phi) is 6.00. The second-order valence-corrected chi connectivity index (χ2v) is 6.01. The number of allylic oxidation sites excluding steroid dienone is 1. The number of aromatic hydroxyl groups is 2. The van der Waals surface area contributed by atoms with E-state index in [1.165, 1.54) is 12.1 Å². The number of phenolic OH excluding ortho intramolecular Hbond substituents is 2. The number of amides is 1. The molecule has 0 unspecified atom stereocenters. The Morgan fingerprint density at radius 2 is 1.92 bits per heavy atom. The van der Waals surface area contributed by atoms with Gasteiger partial charge in [-0.15, -0.1) is 0 Å². The van der Waals surface area contributed by atoms with Crippen molar-refractivity contribution in [2.75, 3.05) is 0 Å². The van der Waals surface area contributed by atoms with Crippen molar-refractivity contribution in [2.45, 2.75) is 44.4 Å². The first-order valence-electron chi connectivity index (χ1n) is 7.94. The van der Waals surface area contributed by atoms with Gasteiger partial charge in [-0.2, -0.15) is 0 Å². The van der Waals surface area contributed by atoms with E-state index in [-0.39, 0.29) is 23.1 Å². The first-order valence-corrected chi connectivity index (χ1v) is 7.94. The van der Waals surface area contributed by atoms with Gasteiger partial charge in [0, 0.05) is 12.1 Å². The quantitative estimate of drug-likeness (QED) is 0.464. The number of hydrogen-bond acceptors (Lipinski definition) is 5. The second kappa shape index (κ2) is 7.99. The van der Waals surface area contributed by atoms with Crippen LogP contribution in [0.4, 0.5) is 0 Å². The van der Waals surface area contributed by atoms with Crippen LogP contribution in [0.25, 0.3) is 6.08 Å². The monoisotopic (exact) mass is 333 g/mol. The minimum Gasteiger partial charge on any atom is -0.508 e. The maximum absolute atomic E-state index is 12.4. The van der Waals surface area contributed by atoms with Crippen LogP contribution in [0.3, 0.4) is 0 Å². The van der Waals surface area contributed by atoms with E-state index < -0.39 is 18.1 Å².